The van der Waals surface area contributed by atoms with E-state index >= 15 is 0 Å². The van der Waals surface area contributed by atoms with Crippen LogP contribution in [-0.2, 0) is 4.74 Å². The Hall–Kier alpha value is -3.94. The van der Waals surface area contributed by atoms with E-state index in [0.717, 1.165) is 28.1 Å². The van der Waals surface area contributed by atoms with E-state index in [2.05, 4.69) is 4.98 Å². The summed E-state index contributed by atoms with van der Waals surface area (Å²) in [6, 6.07) is 13.0. The summed E-state index contributed by atoms with van der Waals surface area (Å²) in [4.78, 5) is 18.3. The van der Waals surface area contributed by atoms with Gasteiger partial charge in [-0.15, -0.1) is 0 Å². The molecule has 2 aromatic carbocycles. The van der Waals surface area contributed by atoms with Crippen LogP contribution in [0.5, 0.6) is 23.0 Å². The van der Waals surface area contributed by atoms with E-state index in [0.29, 0.717) is 44.3 Å². The number of aromatic nitrogens is 1. The molecule has 1 fully saturated rings. The van der Waals surface area contributed by atoms with Crippen LogP contribution < -0.4 is 23.8 Å². The van der Waals surface area contributed by atoms with E-state index in [1.165, 1.54) is 0 Å². The summed E-state index contributed by atoms with van der Waals surface area (Å²) in [5.74, 6) is 2.83. The lowest BCUT2D eigenvalue weighted by Gasteiger charge is -2.20. The number of cyclic esters (lactones) is 1. The molecule has 3 heterocycles. The van der Waals surface area contributed by atoms with E-state index in [1.807, 2.05) is 54.6 Å². The molecule has 0 bridgehead atoms. The van der Waals surface area contributed by atoms with E-state index in [4.69, 9.17) is 23.7 Å². The van der Waals surface area contributed by atoms with Crippen LogP contribution in [0.15, 0.2) is 60.8 Å². The van der Waals surface area contributed by atoms with Crippen LogP contribution in [0.2, 0.25) is 0 Å². The van der Waals surface area contributed by atoms with Crippen LogP contribution in [0.3, 0.4) is 0 Å². The number of hydrogen-bond acceptors (Lipinski definition) is 7. The highest BCUT2D eigenvalue weighted by atomic mass is 16.6. The maximum atomic E-state index is 12.4. The number of amides is 1. The topological polar surface area (TPSA) is 79.4 Å². The number of carbonyl (C=O) groups is 1. The quantitative estimate of drug-likeness (QED) is 0.497. The zero-order chi connectivity index (χ0) is 22.6. The summed E-state index contributed by atoms with van der Waals surface area (Å²) >= 11 is 0. The maximum absolute atomic E-state index is 12.4. The Kier molecular flexibility index (Phi) is 5.89. The average Bonchev–Trinajstić information content (AvgIpc) is 3.23. The number of rotatable bonds is 7. The maximum Gasteiger partial charge on any atom is 0.414 e. The lowest BCUT2D eigenvalue weighted by molar-refractivity contribution is 0.142. The Labute approximate surface area is 191 Å². The average molecular weight is 448 g/mol. The van der Waals surface area contributed by atoms with Gasteiger partial charge in [0.25, 0.3) is 0 Å². The molecule has 0 aliphatic carbocycles. The van der Waals surface area contributed by atoms with Gasteiger partial charge in [-0.25, -0.2) is 4.79 Å². The molecule has 8 heteroatoms. The largest absolute Gasteiger partial charge is 0.497 e. The summed E-state index contributed by atoms with van der Waals surface area (Å²) in [6.07, 6.45) is 5.62. The number of pyridine rings is 1. The number of nitrogens with zero attached hydrogens (tertiary/aromatic N) is 2. The molecule has 0 spiro atoms. The van der Waals surface area contributed by atoms with Gasteiger partial charge in [0.1, 0.15) is 37.4 Å². The molecule has 3 aromatic rings. The summed E-state index contributed by atoms with van der Waals surface area (Å²) in [5.41, 5.74) is 1.58. The van der Waals surface area contributed by atoms with E-state index < -0.39 is 0 Å². The zero-order valence-electron chi connectivity index (χ0n) is 18.2. The third-order valence-electron chi connectivity index (χ3n) is 5.52. The van der Waals surface area contributed by atoms with E-state index in [1.54, 1.807) is 18.2 Å². The van der Waals surface area contributed by atoms with Crippen molar-refractivity contribution >= 4 is 22.7 Å². The molecule has 33 heavy (non-hydrogen) atoms. The van der Waals surface area contributed by atoms with Gasteiger partial charge in [-0.3, -0.25) is 9.88 Å². The Morgan fingerprint density at radius 1 is 1.09 bits per heavy atom. The van der Waals surface area contributed by atoms with Gasteiger partial charge in [0, 0.05) is 24.1 Å². The first-order chi connectivity index (χ1) is 16.2. The molecule has 5 rings (SSSR count). The molecule has 0 saturated carbocycles. The molecule has 1 atom stereocenters. The number of benzene rings is 2. The van der Waals surface area contributed by atoms with Crippen molar-refractivity contribution in [2.24, 2.45) is 0 Å². The molecule has 2 aliphatic rings. The molecule has 0 N–H and O–H groups in total. The number of methoxy groups -OCH3 is 1. The van der Waals surface area contributed by atoms with Gasteiger partial charge < -0.3 is 23.7 Å². The van der Waals surface area contributed by atoms with Crippen molar-refractivity contribution in [1.82, 2.24) is 4.98 Å². The van der Waals surface area contributed by atoms with Gasteiger partial charge in [0.05, 0.1) is 24.9 Å². The third-order valence-corrected chi connectivity index (χ3v) is 5.52. The molecule has 1 saturated heterocycles. The molecule has 0 unspecified atom stereocenters. The van der Waals surface area contributed by atoms with Crippen molar-refractivity contribution in [2.75, 3.05) is 38.4 Å². The summed E-state index contributed by atoms with van der Waals surface area (Å²) in [7, 11) is 1.63. The van der Waals surface area contributed by atoms with Crippen molar-refractivity contribution in [3.05, 3.63) is 60.8 Å². The monoisotopic (exact) mass is 448 g/mol. The Balaban J connectivity index is 1.16. The highest BCUT2D eigenvalue weighted by Crippen LogP contribution is 2.35. The van der Waals surface area contributed by atoms with Crippen LogP contribution in [0.1, 0.15) is 6.42 Å². The zero-order valence-corrected chi connectivity index (χ0v) is 18.2. The highest BCUT2D eigenvalue weighted by molar-refractivity contribution is 5.90. The minimum absolute atomic E-state index is 0.229. The van der Waals surface area contributed by atoms with Crippen LogP contribution in [0.4, 0.5) is 10.5 Å². The van der Waals surface area contributed by atoms with Crippen LogP contribution in [0, 0.1) is 0 Å². The number of ether oxygens (including phenoxy) is 5. The minimum Gasteiger partial charge on any atom is -0.497 e. The number of fused-ring (bicyclic) bond motifs is 2. The fourth-order valence-corrected chi connectivity index (χ4v) is 3.86. The predicted octanol–water partition coefficient (Wildman–Crippen LogP) is 4.37. The van der Waals surface area contributed by atoms with E-state index in [-0.39, 0.29) is 12.2 Å². The van der Waals surface area contributed by atoms with Gasteiger partial charge in [0.15, 0.2) is 11.5 Å². The SMILES string of the molecule is COc1ccc2nccc(OC/C=C/C[C@@H]3CN(c4ccc5c(c4)OCCO5)C(=O)O3)c2c1. The first-order valence-corrected chi connectivity index (χ1v) is 10.8. The van der Waals surface area contributed by atoms with Crippen molar-refractivity contribution in [1.29, 1.82) is 0 Å². The number of anilines is 1. The summed E-state index contributed by atoms with van der Waals surface area (Å²) < 4.78 is 27.9. The Morgan fingerprint density at radius 3 is 2.85 bits per heavy atom. The predicted molar refractivity (Wildman–Crippen MR) is 123 cm³/mol. The molecule has 2 aliphatic heterocycles. The summed E-state index contributed by atoms with van der Waals surface area (Å²) in [5, 5.41) is 0.894. The molecule has 170 valence electrons. The Bertz CT molecular complexity index is 1190. The van der Waals surface area contributed by atoms with Gasteiger partial charge in [-0.05, 0) is 36.4 Å². The second kappa shape index (κ2) is 9.28. The number of hydrogen-bond donors (Lipinski definition) is 0. The second-order valence-corrected chi connectivity index (χ2v) is 7.65. The fourth-order valence-electron chi connectivity index (χ4n) is 3.86. The van der Waals surface area contributed by atoms with Crippen LogP contribution >= 0.6 is 0 Å². The molecule has 8 nitrogen and oxygen atoms in total. The standard InChI is InChI=1S/C25H24N2O6/c1-29-18-6-7-21-20(15-18)22(9-10-26-21)30-11-3-2-4-19-16-27(25(28)33-19)17-5-8-23-24(14-17)32-13-12-31-23/h2-3,5-10,14-15,19H,4,11-13,16H2,1H3/b3-2+/t19-/m1/s1. The number of carbonyl (C=O) groups excluding carboxylic acids is 1. The first-order valence-electron chi connectivity index (χ1n) is 10.8. The van der Waals surface area contributed by atoms with Crippen LogP contribution in [-0.4, -0.2) is 50.7 Å². The molecular weight excluding hydrogens is 424 g/mol. The first kappa shape index (κ1) is 20.9. The van der Waals surface area contributed by atoms with Gasteiger partial charge in [-0.2, -0.15) is 0 Å². The molecule has 1 amide bonds. The van der Waals surface area contributed by atoms with Gasteiger partial charge >= 0.3 is 6.09 Å². The third kappa shape index (κ3) is 4.50. The lowest BCUT2D eigenvalue weighted by atomic mass is 10.2. The minimum atomic E-state index is -0.362. The van der Waals surface area contributed by atoms with Crippen molar-refractivity contribution < 1.29 is 28.5 Å². The Morgan fingerprint density at radius 2 is 1.97 bits per heavy atom. The highest BCUT2D eigenvalue weighted by Gasteiger charge is 2.32. The molecule has 0 radical (unpaired) electrons. The van der Waals surface area contributed by atoms with Crippen molar-refractivity contribution in [3.8, 4) is 23.0 Å². The smallest absolute Gasteiger partial charge is 0.414 e. The second-order valence-electron chi connectivity index (χ2n) is 7.65. The molecular formula is C25H24N2O6. The van der Waals surface area contributed by atoms with Crippen LogP contribution in [0.25, 0.3) is 10.9 Å². The fraction of sp³-hybridized carbons (Fsp3) is 0.280. The van der Waals surface area contributed by atoms with Crippen molar-refractivity contribution in [2.45, 2.75) is 12.5 Å². The lowest BCUT2D eigenvalue weighted by Crippen LogP contribution is -2.25. The van der Waals surface area contributed by atoms with Gasteiger partial charge in [0.2, 0.25) is 0 Å². The molecule has 1 aromatic heterocycles. The normalized spacial score (nSPS) is 17.4. The van der Waals surface area contributed by atoms with Gasteiger partial charge in [-0.1, -0.05) is 12.2 Å². The summed E-state index contributed by atoms with van der Waals surface area (Å²) in [6.45, 7) is 1.89. The van der Waals surface area contributed by atoms with E-state index in [9.17, 15) is 4.79 Å². The van der Waals surface area contributed by atoms with Crippen molar-refractivity contribution in [3.63, 3.8) is 0 Å².